The standard InChI is InChI=1S/C9H7N3/c10-4-6-3-5-1-2-7(11)8(5)9(6)12/h1-3H,11-12H2. The Kier molecular flexibility index (Phi) is 1.13. The molecule has 2 aliphatic rings. The second-order valence-corrected chi connectivity index (χ2v) is 2.70. The molecule has 0 saturated carbocycles. The number of allylic oxidation sites excluding steroid dienone is 5. The third-order valence-corrected chi connectivity index (χ3v) is 2.00. The lowest BCUT2D eigenvalue weighted by Crippen LogP contribution is -2.05. The van der Waals surface area contributed by atoms with Gasteiger partial charge in [-0.2, -0.15) is 5.26 Å². The van der Waals surface area contributed by atoms with Crippen LogP contribution < -0.4 is 11.5 Å². The van der Waals surface area contributed by atoms with Gasteiger partial charge in [0, 0.05) is 11.3 Å². The van der Waals surface area contributed by atoms with E-state index in [0.717, 1.165) is 11.1 Å². The molecule has 3 nitrogen and oxygen atoms in total. The van der Waals surface area contributed by atoms with Crippen LogP contribution in [0.15, 0.2) is 46.3 Å². The van der Waals surface area contributed by atoms with Gasteiger partial charge in [-0.3, -0.25) is 0 Å². The Bertz CT molecular complexity index is 414. The van der Waals surface area contributed by atoms with E-state index in [0.29, 0.717) is 17.0 Å². The minimum Gasteiger partial charge on any atom is -0.398 e. The number of fused-ring (bicyclic) bond motifs is 1. The Labute approximate surface area is 70.0 Å². The number of hydrogen-bond donors (Lipinski definition) is 2. The molecule has 0 aromatic carbocycles. The van der Waals surface area contributed by atoms with Gasteiger partial charge < -0.3 is 11.5 Å². The number of hydrogen-bond acceptors (Lipinski definition) is 3. The number of nitrogens with zero attached hydrogens (tertiary/aromatic N) is 1. The molecule has 0 aromatic heterocycles. The lowest BCUT2D eigenvalue weighted by molar-refractivity contribution is 1.28. The van der Waals surface area contributed by atoms with Crippen LogP contribution in [0, 0.1) is 11.3 Å². The predicted molar refractivity (Wildman–Crippen MR) is 45.3 cm³/mol. The van der Waals surface area contributed by atoms with Crippen LogP contribution in [0.1, 0.15) is 0 Å². The average molecular weight is 157 g/mol. The molecule has 0 fully saturated rings. The second kappa shape index (κ2) is 2.02. The lowest BCUT2D eigenvalue weighted by Gasteiger charge is -1.99. The molecule has 4 N–H and O–H groups in total. The van der Waals surface area contributed by atoms with Crippen molar-refractivity contribution in [3.63, 3.8) is 0 Å². The van der Waals surface area contributed by atoms with Crippen LogP contribution in [0.4, 0.5) is 0 Å². The van der Waals surface area contributed by atoms with Crippen LogP contribution in [-0.4, -0.2) is 0 Å². The van der Waals surface area contributed by atoms with Crippen molar-refractivity contribution < 1.29 is 0 Å². The molecule has 2 rings (SSSR count). The summed E-state index contributed by atoms with van der Waals surface area (Å²) in [6, 6.07) is 2.02. The SMILES string of the molecule is N#CC1=CC2=CC=C(N)C2=C1N. The maximum absolute atomic E-state index is 8.66. The highest BCUT2D eigenvalue weighted by molar-refractivity contribution is 5.71. The van der Waals surface area contributed by atoms with Gasteiger partial charge in [-0.25, -0.2) is 0 Å². The molecule has 0 heterocycles. The average Bonchev–Trinajstić information content (AvgIpc) is 2.55. The highest BCUT2D eigenvalue weighted by Gasteiger charge is 2.23. The van der Waals surface area contributed by atoms with Crippen molar-refractivity contribution in [1.29, 1.82) is 5.26 Å². The number of rotatable bonds is 0. The number of nitriles is 1. The van der Waals surface area contributed by atoms with Crippen LogP contribution in [0.2, 0.25) is 0 Å². The van der Waals surface area contributed by atoms with Crippen LogP contribution >= 0.6 is 0 Å². The topological polar surface area (TPSA) is 75.8 Å². The highest BCUT2D eigenvalue weighted by Crippen LogP contribution is 2.34. The predicted octanol–water partition coefficient (Wildman–Crippen LogP) is 0.445. The van der Waals surface area contributed by atoms with E-state index in [1.54, 1.807) is 12.2 Å². The second-order valence-electron chi connectivity index (χ2n) is 2.70. The molecule has 2 aliphatic carbocycles. The summed E-state index contributed by atoms with van der Waals surface area (Å²) in [4.78, 5) is 0. The first kappa shape index (κ1) is 6.74. The van der Waals surface area contributed by atoms with Gasteiger partial charge in [0.2, 0.25) is 0 Å². The van der Waals surface area contributed by atoms with Crippen molar-refractivity contribution in [2.75, 3.05) is 0 Å². The third kappa shape index (κ3) is 0.638. The summed E-state index contributed by atoms with van der Waals surface area (Å²) in [6.45, 7) is 0. The zero-order valence-corrected chi connectivity index (χ0v) is 6.33. The Balaban J connectivity index is 2.60. The van der Waals surface area contributed by atoms with E-state index in [1.807, 2.05) is 12.1 Å². The van der Waals surface area contributed by atoms with Gasteiger partial charge in [-0.05, 0) is 17.7 Å². The van der Waals surface area contributed by atoms with Gasteiger partial charge in [-0.15, -0.1) is 0 Å². The fourth-order valence-electron chi connectivity index (χ4n) is 1.40. The Hall–Kier alpha value is -1.95. The molecule has 0 saturated heterocycles. The quantitative estimate of drug-likeness (QED) is 0.535. The summed E-state index contributed by atoms with van der Waals surface area (Å²) < 4.78 is 0. The first-order valence-corrected chi connectivity index (χ1v) is 3.54. The van der Waals surface area contributed by atoms with Crippen molar-refractivity contribution in [2.45, 2.75) is 0 Å². The van der Waals surface area contributed by atoms with E-state index < -0.39 is 0 Å². The molecule has 0 bridgehead atoms. The highest BCUT2D eigenvalue weighted by atomic mass is 14.7. The normalized spacial score (nSPS) is 19.8. The fourth-order valence-corrected chi connectivity index (χ4v) is 1.40. The summed E-state index contributed by atoms with van der Waals surface area (Å²) in [5, 5.41) is 8.66. The maximum Gasteiger partial charge on any atom is 0.101 e. The molecular formula is C9H7N3. The molecule has 0 radical (unpaired) electrons. The molecule has 58 valence electrons. The molecule has 0 aromatic rings. The van der Waals surface area contributed by atoms with E-state index in [2.05, 4.69) is 0 Å². The van der Waals surface area contributed by atoms with Gasteiger partial charge in [0.15, 0.2) is 0 Å². The zero-order chi connectivity index (χ0) is 8.72. The summed E-state index contributed by atoms with van der Waals surface area (Å²) >= 11 is 0. The van der Waals surface area contributed by atoms with Crippen molar-refractivity contribution >= 4 is 0 Å². The van der Waals surface area contributed by atoms with Gasteiger partial charge in [-0.1, -0.05) is 6.08 Å². The van der Waals surface area contributed by atoms with E-state index in [9.17, 15) is 0 Å². The molecule has 0 spiro atoms. The van der Waals surface area contributed by atoms with Gasteiger partial charge in [0.25, 0.3) is 0 Å². The van der Waals surface area contributed by atoms with Gasteiger partial charge in [0.05, 0.1) is 11.3 Å². The Morgan fingerprint density at radius 3 is 2.58 bits per heavy atom. The fraction of sp³-hybridized carbons (Fsp3) is 0. The van der Waals surface area contributed by atoms with E-state index >= 15 is 0 Å². The molecule has 12 heavy (non-hydrogen) atoms. The van der Waals surface area contributed by atoms with E-state index in [-0.39, 0.29) is 0 Å². The van der Waals surface area contributed by atoms with Crippen molar-refractivity contribution in [3.05, 3.63) is 46.3 Å². The van der Waals surface area contributed by atoms with E-state index in [1.165, 1.54) is 0 Å². The monoisotopic (exact) mass is 157 g/mol. The number of nitrogens with two attached hydrogens (primary N) is 2. The lowest BCUT2D eigenvalue weighted by atomic mass is 10.1. The summed E-state index contributed by atoms with van der Waals surface area (Å²) in [5.74, 6) is 0. The molecule has 0 aliphatic heterocycles. The molecule has 0 unspecified atom stereocenters. The zero-order valence-electron chi connectivity index (χ0n) is 6.33. The van der Waals surface area contributed by atoms with Crippen molar-refractivity contribution in [2.24, 2.45) is 11.5 Å². The molecular weight excluding hydrogens is 150 g/mol. The van der Waals surface area contributed by atoms with Crippen LogP contribution in [0.5, 0.6) is 0 Å². The van der Waals surface area contributed by atoms with Crippen molar-refractivity contribution in [1.82, 2.24) is 0 Å². The summed E-state index contributed by atoms with van der Waals surface area (Å²) in [7, 11) is 0. The summed E-state index contributed by atoms with van der Waals surface area (Å²) in [6.07, 6.45) is 5.41. The first-order valence-electron chi connectivity index (χ1n) is 3.54. The molecule has 0 atom stereocenters. The van der Waals surface area contributed by atoms with Gasteiger partial charge in [0.1, 0.15) is 6.07 Å². The van der Waals surface area contributed by atoms with E-state index in [4.69, 9.17) is 16.7 Å². The molecule has 0 amide bonds. The maximum atomic E-state index is 8.66. The minimum absolute atomic E-state index is 0.495. The first-order chi connectivity index (χ1) is 5.74. The Morgan fingerprint density at radius 2 is 2.00 bits per heavy atom. The Morgan fingerprint density at radius 1 is 1.25 bits per heavy atom. The van der Waals surface area contributed by atoms with Crippen LogP contribution in [0.3, 0.4) is 0 Å². The van der Waals surface area contributed by atoms with Gasteiger partial charge >= 0.3 is 0 Å². The molecule has 3 heteroatoms. The van der Waals surface area contributed by atoms with Crippen LogP contribution in [-0.2, 0) is 0 Å². The third-order valence-electron chi connectivity index (χ3n) is 2.00. The largest absolute Gasteiger partial charge is 0.398 e. The minimum atomic E-state index is 0.495. The van der Waals surface area contributed by atoms with Crippen LogP contribution in [0.25, 0.3) is 0 Å². The van der Waals surface area contributed by atoms with Crippen molar-refractivity contribution in [3.8, 4) is 6.07 Å². The summed E-state index contributed by atoms with van der Waals surface area (Å²) in [5.41, 5.74) is 14.8. The smallest absolute Gasteiger partial charge is 0.101 e.